The first-order valence-corrected chi connectivity index (χ1v) is 22.5. The van der Waals surface area contributed by atoms with E-state index in [0.717, 1.165) is 0 Å². The van der Waals surface area contributed by atoms with E-state index in [1.165, 1.54) is 120 Å². The van der Waals surface area contributed by atoms with Gasteiger partial charge in [-0.25, -0.2) is 0 Å². The van der Waals surface area contributed by atoms with Crippen LogP contribution in [0.3, 0.4) is 0 Å². The third-order valence-corrected chi connectivity index (χ3v) is 13.9. The van der Waals surface area contributed by atoms with E-state index in [0.29, 0.717) is 0 Å². The molecule has 1 heteroatoms. The van der Waals surface area contributed by atoms with Gasteiger partial charge in [-0.15, -0.1) is 11.3 Å². The van der Waals surface area contributed by atoms with Crippen LogP contribution in [0.5, 0.6) is 0 Å². The van der Waals surface area contributed by atoms with Gasteiger partial charge in [-0.2, -0.15) is 0 Å². The minimum absolute atomic E-state index is 1.19. The lowest BCUT2D eigenvalue weighted by molar-refractivity contribution is 1.60. The Balaban J connectivity index is 1.08. The largest absolute Gasteiger partial charge is 0.134 e. The van der Waals surface area contributed by atoms with Crippen LogP contribution in [0.4, 0.5) is 0 Å². The van der Waals surface area contributed by atoms with E-state index in [4.69, 9.17) is 0 Å². The molecular weight excluding hydrogens is 777 g/mol. The summed E-state index contributed by atoms with van der Waals surface area (Å²) in [5.41, 5.74) is 17.2. The van der Waals surface area contributed by atoms with Crippen LogP contribution < -0.4 is 0 Å². The molecule has 1 aromatic heterocycles. The molecule has 1 heterocycles. The van der Waals surface area contributed by atoms with Gasteiger partial charge in [0, 0.05) is 31.3 Å². The molecule has 0 amide bonds. The Hall–Kier alpha value is -7.84. The van der Waals surface area contributed by atoms with Crippen molar-refractivity contribution in [3.8, 4) is 77.9 Å². The fraction of sp³-hybridized carbons (Fsp3) is 0. The predicted octanol–water partition coefficient (Wildman–Crippen LogP) is 18.0. The second kappa shape index (κ2) is 15.6. The zero-order valence-corrected chi connectivity index (χ0v) is 35.3. The highest BCUT2D eigenvalue weighted by atomic mass is 32.1. The van der Waals surface area contributed by atoms with E-state index in [1.54, 1.807) is 0 Å². The fourth-order valence-electron chi connectivity index (χ4n) is 9.68. The molecule has 12 aromatic rings. The van der Waals surface area contributed by atoms with Gasteiger partial charge in [0.25, 0.3) is 0 Å². The van der Waals surface area contributed by atoms with Crippen LogP contribution in [0.15, 0.2) is 243 Å². The molecule has 63 heavy (non-hydrogen) atoms. The van der Waals surface area contributed by atoms with Crippen LogP contribution in [-0.2, 0) is 0 Å². The Labute approximate surface area is 371 Å². The van der Waals surface area contributed by atoms with Crippen molar-refractivity contribution in [2.75, 3.05) is 0 Å². The van der Waals surface area contributed by atoms with Crippen molar-refractivity contribution < 1.29 is 0 Å². The lowest BCUT2D eigenvalue weighted by atomic mass is 9.84. The van der Waals surface area contributed by atoms with Crippen molar-refractivity contribution in [1.29, 1.82) is 0 Å². The van der Waals surface area contributed by atoms with Crippen molar-refractivity contribution in [3.05, 3.63) is 243 Å². The number of hydrogen-bond donors (Lipinski definition) is 0. The highest BCUT2D eigenvalue weighted by Crippen LogP contribution is 2.49. The van der Waals surface area contributed by atoms with Crippen molar-refractivity contribution >= 4 is 53.1 Å². The molecular formula is C62H40S. The molecule has 0 aliphatic heterocycles. The van der Waals surface area contributed by atoms with Gasteiger partial charge in [0.15, 0.2) is 0 Å². The van der Waals surface area contributed by atoms with Gasteiger partial charge in [0.1, 0.15) is 0 Å². The molecule has 0 bridgehead atoms. The summed E-state index contributed by atoms with van der Waals surface area (Å²) >= 11 is 1.91. The van der Waals surface area contributed by atoms with Crippen LogP contribution >= 0.6 is 11.3 Å². The zero-order chi connectivity index (χ0) is 41.7. The maximum absolute atomic E-state index is 2.44. The normalized spacial score (nSPS) is 11.5. The summed E-state index contributed by atoms with van der Waals surface area (Å²) in [5, 5.41) is 7.60. The maximum Gasteiger partial charge on any atom is 0.0434 e. The van der Waals surface area contributed by atoms with Crippen LogP contribution in [-0.4, -0.2) is 0 Å². The average Bonchev–Trinajstić information content (AvgIpc) is 3.75. The molecule has 0 saturated heterocycles. The summed E-state index contributed by atoms with van der Waals surface area (Å²) in [5.74, 6) is 0. The molecule has 0 aliphatic rings. The molecule has 0 unspecified atom stereocenters. The first kappa shape index (κ1) is 37.0. The number of rotatable bonds is 7. The van der Waals surface area contributed by atoms with Gasteiger partial charge in [-0.05, 0) is 125 Å². The first-order chi connectivity index (χ1) is 31.2. The van der Waals surface area contributed by atoms with Gasteiger partial charge < -0.3 is 0 Å². The predicted molar refractivity (Wildman–Crippen MR) is 272 cm³/mol. The number of fused-ring (bicyclic) bond motifs is 5. The summed E-state index contributed by atoms with van der Waals surface area (Å²) in [7, 11) is 0. The summed E-state index contributed by atoms with van der Waals surface area (Å²) in [6.45, 7) is 0. The van der Waals surface area contributed by atoms with E-state index < -0.39 is 0 Å². The van der Waals surface area contributed by atoms with E-state index in [2.05, 4.69) is 243 Å². The van der Waals surface area contributed by atoms with Crippen molar-refractivity contribution in [2.24, 2.45) is 0 Å². The lowest BCUT2D eigenvalue weighted by Gasteiger charge is -2.19. The van der Waals surface area contributed by atoms with E-state index in [-0.39, 0.29) is 0 Å². The highest BCUT2D eigenvalue weighted by Gasteiger charge is 2.20. The van der Waals surface area contributed by atoms with E-state index in [9.17, 15) is 0 Å². The smallest absolute Gasteiger partial charge is 0.0434 e. The molecule has 0 fully saturated rings. The zero-order valence-electron chi connectivity index (χ0n) is 34.5. The quantitative estimate of drug-likeness (QED) is 0.141. The minimum atomic E-state index is 1.19. The van der Waals surface area contributed by atoms with Gasteiger partial charge in [-0.3, -0.25) is 0 Å². The van der Waals surface area contributed by atoms with Gasteiger partial charge >= 0.3 is 0 Å². The highest BCUT2D eigenvalue weighted by molar-refractivity contribution is 7.27. The molecule has 0 aliphatic carbocycles. The molecule has 294 valence electrons. The molecule has 0 N–H and O–H groups in total. The van der Waals surface area contributed by atoms with Gasteiger partial charge in [0.05, 0.1) is 0 Å². The van der Waals surface area contributed by atoms with E-state index in [1.807, 2.05) is 11.3 Å². The average molecular weight is 817 g/mol. The molecule has 11 aromatic carbocycles. The second-order valence-electron chi connectivity index (χ2n) is 16.4. The monoisotopic (exact) mass is 816 g/mol. The molecule has 0 atom stereocenters. The summed E-state index contributed by atoms with van der Waals surface area (Å²) in [6.07, 6.45) is 0. The SMILES string of the molecule is c1ccc(-c2cc(-c3ccccc3)c3sc4c(-c5ccccc5)cc(-c5cccc(-c6ccc7c(-c8ccccc8)c8ccccc8c(-c8ccccc8)c7c6)c5)cc4c3c2)cc1. The van der Waals surface area contributed by atoms with Crippen LogP contribution in [0.2, 0.25) is 0 Å². The topological polar surface area (TPSA) is 0 Å². The molecule has 0 nitrogen and oxygen atoms in total. The first-order valence-electron chi connectivity index (χ1n) is 21.7. The Bertz CT molecular complexity index is 3630. The number of benzene rings is 11. The third kappa shape index (κ3) is 6.53. The lowest BCUT2D eigenvalue weighted by Crippen LogP contribution is -1.91. The van der Waals surface area contributed by atoms with Crippen molar-refractivity contribution in [2.45, 2.75) is 0 Å². The van der Waals surface area contributed by atoms with Gasteiger partial charge in [0.2, 0.25) is 0 Å². The Morgan fingerprint density at radius 2 is 0.540 bits per heavy atom. The van der Waals surface area contributed by atoms with Crippen LogP contribution in [0.1, 0.15) is 0 Å². The Morgan fingerprint density at radius 3 is 1.05 bits per heavy atom. The Morgan fingerprint density at radius 1 is 0.190 bits per heavy atom. The summed E-state index contributed by atoms with van der Waals surface area (Å²) in [6, 6.07) is 89.2. The summed E-state index contributed by atoms with van der Waals surface area (Å²) < 4.78 is 2.62. The van der Waals surface area contributed by atoms with Gasteiger partial charge in [-0.1, -0.05) is 206 Å². The van der Waals surface area contributed by atoms with Crippen LogP contribution in [0.25, 0.3) is 120 Å². The van der Waals surface area contributed by atoms with E-state index >= 15 is 0 Å². The second-order valence-corrected chi connectivity index (χ2v) is 17.4. The maximum atomic E-state index is 2.44. The van der Waals surface area contributed by atoms with Crippen LogP contribution in [0, 0.1) is 0 Å². The summed E-state index contributed by atoms with van der Waals surface area (Å²) in [4.78, 5) is 0. The minimum Gasteiger partial charge on any atom is -0.134 e. The van der Waals surface area contributed by atoms with Crippen molar-refractivity contribution in [3.63, 3.8) is 0 Å². The molecule has 0 radical (unpaired) electrons. The molecule has 12 rings (SSSR count). The molecule has 0 spiro atoms. The number of hydrogen-bond acceptors (Lipinski definition) is 1. The fourth-order valence-corrected chi connectivity index (χ4v) is 11.0. The third-order valence-electron chi connectivity index (χ3n) is 12.6. The number of thiophene rings is 1. The molecule has 0 saturated carbocycles. The Kier molecular flexibility index (Phi) is 9.13. The standard InChI is InChI=1S/C62H40S/c1-6-19-41(20-7-1)49-37-54(42-21-8-2-9-22-42)61-57(39-49)58-40-50(38-55(62(58)63-61)43-23-10-3-11-24-43)47-30-18-29-46(35-47)48-33-34-53-56(36-48)60(45-27-14-5-15-28-45)52-32-17-16-31-51(52)59(53)44-25-12-4-13-26-44/h1-40H. The van der Waals surface area contributed by atoms with Crippen molar-refractivity contribution in [1.82, 2.24) is 0 Å².